The van der Waals surface area contributed by atoms with E-state index in [1.807, 2.05) is 13.0 Å². The number of carbonyl (C=O) groups excluding carboxylic acids is 1. The van der Waals surface area contributed by atoms with Crippen LogP contribution < -0.4 is 10.6 Å². The second-order valence-corrected chi connectivity index (χ2v) is 3.72. The molecule has 0 saturated carbocycles. The Bertz CT molecular complexity index is 378. The van der Waals surface area contributed by atoms with Gasteiger partial charge in [0.1, 0.15) is 6.04 Å². The van der Waals surface area contributed by atoms with Crippen LogP contribution in [0.2, 0.25) is 5.02 Å². The molecule has 2 rings (SSSR count). The van der Waals surface area contributed by atoms with Crippen molar-refractivity contribution in [1.29, 1.82) is 0 Å². The van der Waals surface area contributed by atoms with E-state index in [1.165, 1.54) is 0 Å². The monoisotopic (exact) mass is 210 g/mol. The third-order valence-corrected chi connectivity index (χ3v) is 2.53. The fraction of sp³-hybridized carbons (Fsp3) is 0.300. The van der Waals surface area contributed by atoms with Crippen LogP contribution in [0.5, 0.6) is 0 Å². The van der Waals surface area contributed by atoms with Crippen molar-refractivity contribution >= 4 is 28.9 Å². The van der Waals surface area contributed by atoms with Gasteiger partial charge in [-0.1, -0.05) is 18.5 Å². The fourth-order valence-electron chi connectivity index (χ4n) is 1.51. The van der Waals surface area contributed by atoms with Gasteiger partial charge in [-0.2, -0.15) is 0 Å². The summed E-state index contributed by atoms with van der Waals surface area (Å²) in [4.78, 5) is 11.5. The first-order valence-corrected chi connectivity index (χ1v) is 4.95. The molecule has 2 N–H and O–H groups in total. The summed E-state index contributed by atoms with van der Waals surface area (Å²) in [6.45, 7) is 1.97. The summed E-state index contributed by atoms with van der Waals surface area (Å²) < 4.78 is 0. The molecule has 3 nitrogen and oxygen atoms in total. The van der Waals surface area contributed by atoms with Crippen LogP contribution in [0, 0.1) is 0 Å². The maximum Gasteiger partial charge on any atom is 0.246 e. The molecule has 1 unspecified atom stereocenters. The number of rotatable bonds is 1. The first-order valence-electron chi connectivity index (χ1n) is 4.57. The van der Waals surface area contributed by atoms with Gasteiger partial charge in [-0.25, -0.2) is 0 Å². The Labute approximate surface area is 87.4 Å². The van der Waals surface area contributed by atoms with Crippen molar-refractivity contribution in [3.8, 4) is 0 Å². The molecule has 1 atom stereocenters. The molecule has 0 bridgehead atoms. The Morgan fingerprint density at radius 1 is 1.43 bits per heavy atom. The summed E-state index contributed by atoms with van der Waals surface area (Å²) in [5.41, 5.74) is 1.69. The number of carbonyl (C=O) groups is 1. The van der Waals surface area contributed by atoms with Gasteiger partial charge in [-0.05, 0) is 24.6 Å². The molecule has 1 aromatic rings. The average Bonchev–Trinajstić information content (AvgIpc) is 2.17. The number of amides is 1. The molecule has 0 radical (unpaired) electrons. The maximum atomic E-state index is 11.5. The third-order valence-electron chi connectivity index (χ3n) is 2.29. The summed E-state index contributed by atoms with van der Waals surface area (Å²) in [7, 11) is 0. The number of anilines is 2. The number of benzene rings is 1. The van der Waals surface area contributed by atoms with E-state index in [0.717, 1.165) is 17.8 Å². The van der Waals surface area contributed by atoms with Crippen molar-refractivity contribution in [1.82, 2.24) is 0 Å². The highest BCUT2D eigenvalue weighted by molar-refractivity contribution is 6.31. The summed E-state index contributed by atoms with van der Waals surface area (Å²) >= 11 is 5.85. The molecule has 1 amide bonds. The number of fused-ring (bicyclic) bond motifs is 1. The molecule has 74 valence electrons. The molecule has 0 aromatic heterocycles. The highest BCUT2D eigenvalue weighted by Gasteiger charge is 2.23. The van der Waals surface area contributed by atoms with E-state index in [4.69, 9.17) is 11.6 Å². The Balaban J connectivity index is 2.36. The molecule has 4 heteroatoms. The predicted octanol–water partition coefficient (Wildman–Crippen LogP) is 2.48. The smallest absolute Gasteiger partial charge is 0.246 e. The van der Waals surface area contributed by atoms with Crippen LogP contribution in [0.25, 0.3) is 0 Å². The van der Waals surface area contributed by atoms with Gasteiger partial charge in [0.05, 0.1) is 11.4 Å². The zero-order valence-corrected chi connectivity index (χ0v) is 8.56. The van der Waals surface area contributed by atoms with Crippen molar-refractivity contribution < 1.29 is 4.79 Å². The van der Waals surface area contributed by atoms with Crippen molar-refractivity contribution in [2.75, 3.05) is 10.6 Å². The van der Waals surface area contributed by atoms with Crippen molar-refractivity contribution in [3.63, 3.8) is 0 Å². The fourth-order valence-corrected chi connectivity index (χ4v) is 1.68. The minimum absolute atomic E-state index is 0.0160. The Morgan fingerprint density at radius 2 is 2.21 bits per heavy atom. The van der Waals surface area contributed by atoms with Gasteiger partial charge in [0, 0.05) is 5.02 Å². The molecule has 1 aliphatic rings. The predicted molar refractivity (Wildman–Crippen MR) is 57.8 cm³/mol. The van der Waals surface area contributed by atoms with Crippen molar-refractivity contribution in [2.24, 2.45) is 0 Å². The van der Waals surface area contributed by atoms with Gasteiger partial charge in [-0.15, -0.1) is 0 Å². The third kappa shape index (κ3) is 1.55. The SMILES string of the molecule is CCC1Nc2cc(Cl)ccc2NC1=O. The highest BCUT2D eigenvalue weighted by Crippen LogP contribution is 2.29. The molecule has 0 aliphatic carbocycles. The summed E-state index contributed by atoms with van der Waals surface area (Å²) in [5, 5.41) is 6.64. The van der Waals surface area contributed by atoms with Crippen LogP contribution >= 0.6 is 11.6 Å². The van der Waals surface area contributed by atoms with Crippen molar-refractivity contribution in [2.45, 2.75) is 19.4 Å². The topological polar surface area (TPSA) is 41.1 Å². The van der Waals surface area contributed by atoms with Gasteiger partial charge < -0.3 is 10.6 Å². The molecule has 0 fully saturated rings. The van der Waals surface area contributed by atoms with Crippen LogP contribution in [0.4, 0.5) is 11.4 Å². The highest BCUT2D eigenvalue weighted by atomic mass is 35.5. The summed E-state index contributed by atoms with van der Waals surface area (Å²) in [6, 6.07) is 5.23. The number of hydrogen-bond acceptors (Lipinski definition) is 2. The van der Waals surface area contributed by atoms with E-state index in [1.54, 1.807) is 12.1 Å². The minimum Gasteiger partial charge on any atom is -0.372 e. The van der Waals surface area contributed by atoms with E-state index < -0.39 is 0 Å². The molecule has 1 aromatic carbocycles. The lowest BCUT2D eigenvalue weighted by molar-refractivity contribution is -0.117. The zero-order chi connectivity index (χ0) is 10.1. The molecule has 0 spiro atoms. The standard InChI is InChI=1S/C10H11ClN2O/c1-2-7-10(14)13-8-4-3-6(11)5-9(8)12-7/h3-5,7,12H,2H2,1H3,(H,13,14). The van der Waals surface area contributed by atoms with Gasteiger partial charge in [0.25, 0.3) is 0 Å². The molecule has 1 heterocycles. The van der Waals surface area contributed by atoms with E-state index in [2.05, 4.69) is 10.6 Å². The van der Waals surface area contributed by atoms with E-state index in [-0.39, 0.29) is 11.9 Å². The molecular formula is C10H11ClN2O. The van der Waals surface area contributed by atoms with E-state index in [0.29, 0.717) is 5.02 Å². The van der Waals surface area contributed by atoms with E-state index in [9.17, 15) is 4.79 Å². The van der Waals surface area contributed by atoms with Crippen molar-refractivity contribution in [3.05, 3.63) is 23.2 Å². The van der Waals surface area contributed by atoms with Crippen LogP contribution in [-0.2, 0) is 4.79 Å². The number of nitrogens with one attached hydrogen (secondary N) is 2. The second kappa shape index (κ2) is 3.50. The lowest BCUT2D eigenvalue weighted by Crippen LogP contribution is -2.38. The second-order valence-electron chi connectivity index (χ2n) is 3.28. The number of halogens is 1. The minimum atomic E-state index is -0.152. The Morgan fingerprint density at radius 3 is 2.93 bits per heavy atom. The first-order chi connectivity index (χ1) is 6.70. The molecule has 0 saturated heterocycles. The van der Waals surface area contributed by atoms with Gasteiger partial charge >= 0.3 is 0 Å². The number of hydrogen-bond donors (Lipinski definition) is 2. The summed E-state index contributed by atoms with van der Waals surface area (Å²) in [5.74, 6) is 0.0160. The van der Waals surface area contributed by atoms with Gasteiger partial charge in [-0.3, -0.25) is 4.79 Å². The quantitative estimate of drug-likeness (QED) is 0.748. The molecule has 1 aliphatic heterocycles. The lowest BCUT2D eigenvalue weighted by atomic mass is 10.1. The molecule has 14 heavy (non-hydrogen) atoms. The lowest BCUT2D eigenvalue weighted by Gasteiger charge is -2.25. The van der Waals surface area contributed by atoms with Crippen LogP contribution in [0.15, 0.2) is 18.2 Å². The van der Waals surface area contributed by atoms with E-state index >= 15 is 0 Å². The normalized spacial score (nSPS) is 19.6. The van der Waals surface area contributed by atoms with Gasteiger partial charge in [0.15, 0.2) is 0 Å². The molecular weight excluding hydrogens is 200 g/mol. The Hall–Kier alpha value is -1.22. The maximum absolute atomic E-state index is 11.5. The first kappa shape index (κ1) is 9.34. The average molecular weight is 211 g/mol. The summed E-state index contributed by atoms with van der Waals surface area (Å²) in [6.07, 6.45) is 0.762. The van der Waals surface area contributed by atoms with Crippen LogP contribution in [0.1, 0.15) is 13.3 Å². The zero-order valence-electron chi connectivity index (χ0n) is 7.80. The van der Waals surface area contributed by atoms with Crippen LogP contribution in [0.3, 0.4) is 0 Å². The largest absolute Gasteiger partial charge is 0.372 e. The van der Waals surface area contributed by atoms with Crippen LogP contribution in [-0.4, -0.2) is 11.9 Å². The Kier molecular flexibility index (Phi) is 2.33. The van der Waals surface area contributed by atoms with Gasteiger partial charge in [0.2, 0.25) is 5.91 Å².